The number of nitriles is 1. The highest BCUT2D eigenvalue weighted by Crippen LogP contribution is 2.37. The molecule has 36 heavy (non-hydrogen) atoms. The van der Waals surface area contributed by atoms with Gasteiger partial charge in [0.05, 0.1) is 29.4 Å². The monoisotopic (exact) mass is 500 g/mol. The van der Waals surface area contributed by atoms with Crippen molar-refractivity contribution in [1.82, 2.24) is 0 Å². The number of rotatable bonds is 6. The summed E-state index contributed by atoms with van der Waals surface area (Å²) in [5, 5.41) is 23.5. The molecule has 0 amide bonds. The van der Waals surface area contributed by atoms with Gasteiger partial charge in [-0.15, -0.1) is 0 Å². The highest BCUT2D eigenvalue weighted by molar-refractivity contribution is 5.96. The lowest BCUT2D eigenvalue weighted by atomic mass is 9.94. The van der Waals surface area contributed by atoms with Crippen molar-refractivity contribution in [3.05, 3.63) is 53.6 Å². The van der Waals surface area contributed by atoms with Crippen LogP contribution in [0.3, 0.4) is 0 Å². The fraction of sp³-hybridized carbons (Fsp3) is 0.423. The molecule has 2 aliphatic rings. The van der Waals surface area contributed by atoms with Gasteiger partial charge in [-0.1, -0.05) is 13.0 Å². The van der Waals surface area contributed by atoms with Crippen LogP contribution in [0, 0.1) is 24.2 Å². The summed E-state index contributed by atoms with van der Waals surface area (Å²) in [5.41, 5.74) is 2.05. The molecular formula is C26H27F3N4O3. The molecule has 2 aromatic carbocycles. The molecule has 0 radical (unpaired) electrons. The zero-order valence-electron chi connectivity index (χ0n) is 20.0. The van der Waals surface area contributed by atoms with Crippen LogP contribution in [0.5, 0.6) is 5.75 Å². The van der Waals surface area contributed by atoms with Crippen LogP contribution in [0.15, 0.2) is 47.6 Å². The van der Waals surface area contributed by atoms with Gasteiger partial charge in [-0.2, -0.15) is 23.5 Å². The minimum absolute atomic E-state index is 0.0381. The molecule has 0 unspecified atom stereocenters. The quantitative estimate of drug-likeness (QED) is 0.592. The average molecular weight is 501 g/mol. The van der Waals surface area contributed by atoms with E-state index in [-0.39, 0.29) is 6.10 Å². The normalized spacial score (nSPS) is 20.7. The first-order chi connectivity index (χ1) is 17.1. The topological polar surface area (TPSA) is 89.2 Å². The van der Waals surface area contributed by atoms with Gasteiger partial charge in [-0.3, -0.25) is 9.80 Å². The fourth-order valence-corrected chi connectivity index (χ4v) is 4.76. The minimum atomic E-state index is -4.63. The zero-order chi connectivity index (χ0) is 26.0. The lowest BCUT2D eigenvalue weighted by Crippen LogP contribution is -2.38. The summed E-state index contributed by atoms with van der Waals surface area (Å²) in [6, 6.07) is 13.6. The van der Waals surface area contributed by atoms with Gasteiger partial charge in [0.25, 0.3) is 0 Å². The Balaban J connectivity index is 1.42. The molecule has 0 spiro atoms. The van der Waals surface area contributed by atoms with Gasteiger partial charge in [0.15, 0.2) is 0 Å². The van der Waals surface area contributed by atoms with Crippen LogP contribution in [0.1, 0.15) is 37.3 Å². The highest BCUT2D eigenvalue weighted by atomic mass is 19.4. The molecule has 190 valence electrons. The number of hydrogen-bond donors (Lipinski definition) is 1. The van der Waals surface area contributed by atoms with Crippen molar-refractivity contribution in [2.75, 3.05) is 23.0 Å². The van der Waals surface area contributed by atoms with Crippen LogP contribution >= 0.6 is 0 Å². The van der Waals surface area contributed by atoms with Crippen molar-refractivity contribution in [1.29, 1.82) is 5.26 Å². The van der Waals surface area contributed by atoms with Crippen LogP contribution in [0.2, 0.25) is 0 Å². The molecule has 7 nitrogen and oxygen atoms in total. The van der Waals surface area contributed by atoms with E-state index in [4.69, 9.17) is 4.74 Å². The van der Waals surface area contributed by atoms with Crippen LogP contribution in [0.4, 0.5) is 24.5 Å². The van der Waals surface area contributed by atoms with Crippen molar-refractivity contribution >= 4 is 23.1 Å². The molecule has 1 fully saturated rings. The first-order valence-corrected chi connectivity index (χ1v) is 11.8. The number of aryl methyl sites for hydroxylation is 1. The predicted octanol–water partition coefficient (Wildman–Crippen LogP) is 5.13. The maximum absolute atomic E-state index is 13.4. The molecule has 0 aromatic heterocycles. The molecule has 10 heteroatoms. The number of anilines is 2. The van der Waals surface area contributed by atoms with E-state index in [9.17, 15) is 28.3 Å². The summed E-state index contributed by atoms with van der Waals surface area (Å²) in [4.78, 5) is 13.5. The lowest BCUT2D eigenvalue weighted by molar-refractivity contribution is -0.137. The van der Waals surface area contributed by atoms with Gasteiger partial charge in [-0.25, -0.2) is 0 Å². The number of ether oxygens (including phenoxy) is 1. The molecule has 2 atom stereocenters. The molecule has 0 aliphatic carbocycles. The number of carboxylic acid groups (broad SMARTS) is 1. The number of benzene rings is 2. The van der Waals surface area contributed by atoms with E-state index >= 15 is 0 Å². The second kappa shape index (κ2) is 10.1. The molecule has 2 heterocycles. The highest BCUT2D eigenvalue weighted by Gasteiger charge is 2.48. The van der Waals surface area contributed by atoms with E-state index < -0.39 is 36.2 Å². The SMILES string of the molecule is Cc1ccc(C#N)c(N2CCC(Oc3ccc(N4N=C(C(F)(F)F)[C@@H](C)[C@@H]4CC(=O)O)cc3)CC2)c1. The lowest BCUT2D eigenvalue weighted by Gasteiger charge is -2.34. The predicted molar refractivity (Wildman–Crippen MR) is 129 cm³/mol. The Kier molecular flexibility index (Phi) is 7.11. The van der Waals surface area contributed by atoms with Crippen LogP contribution < -0.4 is 14.6 Å². The first kappa shape index (κ1) is 25.4. The smallest absolute Gasteiger partial charge is 0.431 e. The number of alkyl halides is 3. The molecule has 0 bridgehead atoms. The number of hydrazone groups is 1. The van der Waals surface area contributed by atoms with Gasteiger partial charge in [0.1, 0.15) is 23.6 Å². The van der Waals surface area contributed by atoms with E-state index in [1.807, 2.05) is 25.1 Å². The average Bonchev–Trinajstić information content (AvgIpc) is 3.16. The number of hydrogen-bond acceptors (Lipinski definition) is 6. The van der Waals surface area contributed by atoms with Gasteiger partial charge < -0.3 is 14.7 Å². The van der Waals surface area contributed by atoms with Gasteiger partial charge >= 0.3 is 12.1 Å². The van der Waals surface area contributed by atoms with E-state index in [2.05, 4.69) is 16.1 Å². The Morgan fingerprint density at radius 3 is 2.44 bits per heavy atom. The first-order valence-electron chi connectivity index (χ1n) is 11.8. The maximum Gasteiger partial charge on any atom is 0.431 e. The number of piperidine rings is 1. The standard InChI is InChI=1S/C26H27F3N4O3/c1-16-3-4-18(15-30)23(13-16)32-11-9-21(10-12-32)36-20-7-5-19(6-8-20)33-22(14-24(34)35)17(2)25(31-33)26(27,28)29/h3-8,13,17,21-22H,9-12,14H2,1-2H3,(H,34,35)/t17-,22-/m0/s1. The summed E-state index contributed by atoms with van der Waals surface area (Å²) in [5.74, 6) is -1.68. The maximum atomic E-state index is 13.4. The molecular weight excluding hydrogens is 473 g/mol. The van der Waals surface area contributed by atoms with Gasteiger partial charge in [0, 0.05) is 31.8 Å². The second-order valence-electron chi connectivity index (χ2n) is 9.21. The molecule has 1 N–H and O–H groups in total. The van der Waals surface area contributed by atoms with Crippen LogP contribution in [0.25, 0.3) is 0 Å². The van der Waals surface area contributed by atoms with Crippen molar-refractivity contribution in [2.24, 2.45) is 11.0 Å². The van der Waals surface area contributed by atoms with Crippen molar-refractivity contribution in [3.63, 3.8) is 0 Å². The summed E-state index contributed by atoms with van der Waals surface area (Å²) < 4.78 is 46.3. The largest absolute Gasteiger partial charge is 0.490 e. The number of halogens is 3. The van der Waals surface area contributed by atoms with E-state index in [0.717, 1.165) is 42.2 Å². The van der Waals surface area contributed by atoms with Gasteiger partial charge in [0.2, 0.25) is 0 Å². The third kappa shape index (κ3) is 5.40. The minimum Gasteiger partial charge on any atom is -0.490 e. The second-order valence-corrected chi connectivity index (χ2v) is 9.21. The Bertz CT molecular complexity index is 1180. The van der Waals surface area contributed by atoms with Crippen LogP contribution in [-0.2, 0) is 4.79 Å². The summed E-state index contributed by atoms with van der Waals surface area (Å²) in [7, 11) is 0. The fourth-order valence-electron chi connectivity index (χ4n) is 4.76. The van der Waals surface area contributed by atoms with Gasteiger partial charge in [-0.05, 0) is 48.9 Å². The third-order valence-electron chi connectivity index (χ3n) is 6.67. The molecule has 1 saturated heterocycles. The van der Waals surface area contributed by atoms with E-state index in [1.165, 1.54) is 6.92 Å². The molecule has 2 aromatic rings. The Morgan fingerprint density at radius 1 is 1.19 bits per heavy atom. The zero-order valence-corrected chi connectivity index (χ0v) is 20.0. The molecule has 2 aliphatic heterocycles. The van der Waals surface area contributed by atoms with E-state index in [0.29, 0.717) is 17.0 Å². The Morgan fingerprint density at radius 2 is 1.86 bits per heavy atom. The Labute approximate surface area is 207 Å². The number of carbonyl (C=O) groups is 1. The van der Waals surface area contributed by atoms with Crippen molar-refractivity contribution in [2.45, 2.75) is 51.4 Å². The Hall–Kier alpha value is -3.74. The van der Waals surface area contributed by atoms with Crippen LogP contribution in [-0.4, -0.2) is 48.2 Å². The van der Waals surface area contributed by atoms with E-state index in [1.54, 1.807) is 24.3 Å². The number of nitrogens with zero attached hydrogens (tertiary/aromatic N) is 4. The summed E-state index contributed by atoms with van der Waals surface area (Å²) in [6.07, 6.45) is -3.62. The van der Waals surface area contributed by atoms with Crippen molar-refractivity contribution in [3.8, 4) is 11.8 Å². The number of aliphatic carboxylic acids is 1. The molecule has 4 rings (SSSR count). The summed E-state index contributed by atoms with van der Waals surface area (Å²) in [6.45, 7) is 4.81. The molecule has 0 saturated carbocycles. The number of carboxylic acids is 1. The van der Waals surface area contributed by atoms with Crippen molar-refractivity contribution < 1.29 is 27.8 Å². The summed E-state index contributed by atoms with van der Waals surface area (Å²) >= 11 is 0. The third-order valence-corrected chi connectivity index (χ3v) is 6.67.